The minimum Gasteiger partial charge on any atom is -0.464 e. The molecule has 0 aromatic heterocycles. The van der Waals surface area contributed by atoms with E-state index in [2.05, 4.69) is 19.1 Å². The molecular formula is C19H27NO3. The van der Waals surface area contributed by atoms with Crippen molar-refractivity contribution in [3.8, 4) is 0 Å². The third-order valence-corrected chi connectivity index (χ3v) is 4.44. The van der Waals surface area contributed by atoms with Crippen LogP contribution >= 0.6 is 0 Å². The van der Waals surface area contributed by atoms with Gasteiger partial charge in [-0.3, -0.25) is 4.79 Å². The molecule has 0 bridgehead atoms. The number of hydrogen-bond donors (Lipinski definition) is 0. The molecule has 0 unspecified atom stereocenters. The van der Waals surface area contributed by atoms with Gasteiger partial charge < -0.3 is 9.64 Å². The number of nitrogens with zero attached hydrogens (tertiary/aromatic N) is 1. The molecule has 4 heteroatoms. The van der Waals surface area contributed by atoms with Crippen molar-refractivity contribution in [2.45, 2.75) is 66.0 Å². The van der Waals surface area contributed by atoms with Gasteiger partial charge in [0.15, 0.2) is 0 Å². The van der Waals surface area contributed by atoms with Crippen LogP contribution in [0.3, 0.4) is 0 Å². The fourth-order valence-electron chi connectivity index (χ4n) is 3.20. The lowest BCUT2D eigenvalue weighted by Crippen LogP contribution is -2.46. The Kier molecular flexibility index (Phi) is 5.45. The second-order valence-electron chi connectivity index (χ2n) is 6.51. The molecule has 0 heterocycles. The van der Waals surface area contributed by atoms with Gasteiger partial charge in [0.1, 0.15) is 6.04 Å². The number of ether oxygens (including phenoxy) is 1. The third kappa shape index (κ3) is 4.12. The Morgan fingerprint density at radius 3 is 2.26 bits per heavy atom. The summed E-state index contributed by atoms with van der Waals surface area (Å²) in [4.78, 5) is 26.6. The summed E-state index contributed by atoms with van der Waals surface area (Å²) < 4.78 is 5.09. The van der Waals surface area contributed by atoms with Crippen molar-refractivity contribution in [2.24, 2.45) is 0 Å². The van der Waals surface area contributed by atoms with E-state index < -0.39 is 6.04 Å². The van der Waals surface area contributed by atoms with Crippen molar-refractivity contribution in [3.05, 3.63) is 34.4 Å². The number of carbonyl (C=O) groups excluding carboxylic acids is 2. The minimum absolute atomic E-state index is 0.0168. The van der Waals surface area contributed by atoms with Crippen LogP contribution in [0.25, 0.3) is 0 Å². The molecule has 1 saturated carbocycles. The fraction of sp³-hybridized carbons (Fsp3) is 0.579. The van der Waals surface area contributed by atoms with Gasteiger partial charge in [0.05, 0.1) is 13.0 Å². The number of rotatable bonds is 6. The van der Waals surface area contributed by atoms with Crippen LogP contribution in [-0.2, 0) is 20.7 Å². The highest BCUT2D eigenvalue weighted by molar-refractivity contribution is 5.86. The molecule has 0 saturated heterocycles. The predicted molar refractivity (Wildman–Crippen MR) is 90.3 cm³/mol. The van der Waals surface area contributed by atoms with E-state index in [4.69, 9.17) is 4.74 Å². The standard InChI is InChI=1S/C19H27NO3/c1-6-23-19(22)15(5)20(16-7-8-16)18(21)11-17-13(3)9-12(2)10-14(17)4/h9-10,15-16H,6-8,11H2,1-5H3/t15-/m0/s1. The van der Waals surface area contributed by atoms with Gasteiger partial charge in [0.25, 0.3) is 0 Å². The number of carbonyl (C=O) groups is 2. The van der Waals surface area contributed by atoms with Crippen molar-refractivity contribution in [1.82, 2.24) is 4.90 Å². The molecule has 1 atom stereocenters. The summed E-state index contributed by atoms with van der Waals surface area (Å²) in [6.07, 6.45) is 2.29. The van der Waals surface area contributed by atoms with E-state index in [-0.39, 0.29) is 17.9 Å². The maximum atomic E-state index is 12.9. The van der Waals surface area contributed by atoms with Crippen molar-refractivity contribution in [1.29, 1.82) is 0 Å². The number of benzene rings is 1. The molecule has 2 rings (SSSR count). The number of aryl methyl sites for hydroxylation is 3. The van der Waals surface area contributed by atoms with Gasteiger partial charge in [-0.2, -0.15) is 0 Å². The zero-order valence-electron chi connectivity index (χ0n) is 14.8. The molecule has 1 aromatic rings. The van der Waals surface area contributed by atoms with Crippen molar-refractivity contribution in [3.63, 3.8) is 0 Å². The van der Waals surface area contributed by atoms with Crippen LogP contribution in [0.4, 0.5) is 0 Å². The monoisotopic (exact) mass is 317 g/mol. The van der Waals surface area contributed by atoms with E-state index in [9.17, 15) is 9.59 Å². The first-order valence-electron chi connectivity index (χ1n) is 8.39. The van der Waals surface area contributed by atoms with E-state index in [0.717, 1.165) is 29.5 Å². The molecule has 1 aliphatic rings. The molecule has 1 aromatic carbocycles. The van der Waals surface area contributed by atoms with E-state index in [1.165, 1.54) is 5.56 Å². The average molecular weight is 317 g/mol. The van der Waals surface area contributed by atoms with Gasteiger partial charge in [-0.25, -0.2) is 4.79 Å². The summed E-state index contributed by atoms with van der Waals surface area (Å²) in [5, 5.41) is 0. The van der Waals surface area contributed by atoms with Crippen LogP contribution in [0, 0.1) is 20.8 Å². The van der Waals surface area contributed by atoms with Gasteiger partial charge in [0.2, 0.25) is 5.91 Å². The molecule has 0 aliphatic heterocycles. The Balaban J connectivity index is 2.18. The zero-order chi connectivity index (χ0) is 17.1. The van der Waals surface area contributed by atoms with Gasteiger partial charge in [0, 0.05) is 6.04 Å². The van der Waals surface area contributed by atoms with E-state index >= 15 is 0 Å². The first-order valence-corrected chi connectivity index (χ1v) is 8.39. The van der Waals surface area contributed by atoms with Gasteiger partial charge in [-0.05, 0) is 64.2 Å². The highest BCUT2D eigenvalue weighted by atomic mass is 16.5. The van der Waals surface area contributed by atoms with E-state index in [1.807, 2.05) is 13.8 Å². The molecule has 4 nitrogen and oxygen atoms in total. The Hall–Kier alpha value is -1.84. The number of hydrogen-bond acceptors (Lipinski definition) is 3. The summed E-state index contributed by atoms with van der Waals surface area (Å²) in [6, 6.07) is 3.88. The summed E-state index contributed by atoms with van der Waals surface area (Å²) in [5.74, 6) is -0.298. The summed E-state index contributed by atoms with van der Waals surface area (Å²) in [6.45, 7) is 10.0. The largest absolute Gasteiger partial charge is 0.464 e. The lowest BCUT2D eigenvalue weighted by atomic mass is 9.96. The average Bonchev–Trinajstić information content (AvgIpc) is 3.27. The zero-order valence-corrected chi connectivity index (χ0v) is 14.8. The lowest BCUT2D eigenvalue weighted by molar-refractivity contribution is -0.154. The molecule has 1 amide bonds. The highest BCUT2D eigenvalue weighted by Crippen LogP contribution is 2.30. The van der Waals surface area contributed by atoms with Crippen molar-refractivity contribution >= 4 is 11.9 Å². The van der Waals surface area contributed by atoms with Crippen LogP contribution in [0.15, 0.2) is 12.1 Å². The van der Waals surface area contributed by atoms with Crippen LogP contribution in [0.1, 0.15) is 48.9 Å². The minimum atomic E-state index is -0.513. The smallest absolute Gasteiger partial charge is 0.328 e. The molecule has 0 spiro atoms. The Bertz CT molecular complexity index is 582. The number of amides is 1. The summed E-state index contributed by atoms with van der Waals surface area (Å²) in [7, 11) is 0. The SMILES string of the molecule is CCOC(=O)[C@H](C)N(C(=O)Cc1c(C)cc(C)cc1C)C1CC1. The fourth-order valence-corrected chi connectivity index (χ4v) is 3.20. The third-order valence-electron chi connectivity index (χ3n) is 4.44. The van der Waals surface area contributed by atoms with Crippen molar-refractivity contribution < 1.29 is 14.3 Å². The predicted octanol–water partition coefficient (Wildman–Crippen LogP) is 3.10. The lowest BCUT2D eigenvalue weighted by Gasteiger charge is -2.28. The van der Waals surface area contributed by atoms with E-state index in [0.29, 0.717) is 13.0 Å². The van der Waals surface area contributed by atoms with Gasteiger partial charge >= 0.3 is 5.97 Å². The molecule has 1 fully saturated rings. The molecule has 23 heavy (non-hydrogen) atoms. The van der Waals surface area contributed by atoms with Gasteiger partial charge in [-0.1, -0.05) is 17.7 Å². The van der Waals surface area contributed by atoms with E-state index in [1.54, 1.807) is 18.7 Å². The second-order valence-corrected chi connectivity index (χ2v) is 6.51. The molecule has 0 N–H and O–H groups in total. The Morgan fingerprint density at radius 1 is 1.22 bits per heavy atom. The maximum absolute atomic E-state index is 12.9. The molecule has 126 valence electrons. The molecular weight excluding hydrogens is 290 g/mol. The molecule has 1 aliphatic carbocycles. The second kappa shape index (κ2) is 7.16. The number of esters is 1. The topological polar surface area (TPSA) is 46.6 Å². The maximum Gasteiger partial charge on any atom is 0.328 e. The normalized spacial score (nSPS) is 15.2. The van der Waals surface area contributed by atoms with Crippen LogP contribution in [0.2, 0.25) is 0 Å². The van der Waals surface area contributed by atoms with Crippen LogP contribution < -0.4 is 0 Å². The summed E-state index contributed by atoms with van der Waals surface area (Å²) >= 11 is 0. The Morgan fingerprint density at radius 2 is 1.78 bits per heavy atom. The van der Waals surface area contributed by atoms with Crippen LogP contribution in [-0.4, -0.2) is 35.5 Å². The summed E-state index contributed by atoms with van der Waals surface area (Å²) in [5.41, 5.74) is 4.54. The Labute approximate surface area is 138 Å². The first-order chi connectivity index (χ1) is 10.8. The first kappa shape index (κ1) is 17.5. The molecule has 0 radical (unpaired) electrons. The van der Waals surface area contributed by atoms with Crippen LogP contribution in [0.5, 0.6) is 0 Å². The highest BCUT2D eigenvalue weighted by Gasteiger charge is 2.38. The van der Waals surface area contributed by atoms with Crippen molar-refractivity contribution in [2.75, 3.05) is 6.61 Å². The quantitative estimate of drug-likeness (QED) is 0.757. The van der Waals surface area contributed by atoms with Gasteiger partial charge in [-0.15, -0.1) is 0 Å².